The average Bonchev–Trinajstić information content (AvgIpc) is 2.76. The fraction of sp³-hybridized carbons (Fsp3) is 0.435. The van der Waals surface area contributed by atoms with Gasteiger partial charge < -0.3 is 20.1 Å². The molecule has 2 aromatic carbocycles. The summed E-state index contributed by atoms with van der Waals surface area (Å²) in [7, 11) is 3.28. The Morgan fingerprint density at radius 2 is 1.86 bits per heavy atom. The van der Waals surface area contributed by atoms with E-state index in [9.17, 15) is 0 Å². The molecule has 2 aromatic rings. The van der Waals surface area contributed by atoms with Crippen LogP contribution in [0.25, 0.3) is 0 Å². The third-order valence-corrected chi connectivity index (χ3v) is 5.10. The van der Waals surface area contributed by atoms with Crippen molar-refractivity contribution in [3.05, 3.63) is 53.6 Å². The van der Waals surface area contributed by atoms with Gasteiger partial charge in [0, 0.05) is 44.5 Å². The Balaban J connectivity index is 1.52. The molecule has 0 aromatic heterocycles. The van der Waals surface area contributed by atoms with Crippen molar-refractivity contribution in [3.63, 3.8) is 0 Å². The summed E-state index contributed by atoms with van der Waals surface area (Å²) in [4.78, 5) is 7.25. The third kappa shape index (κ3) is 5.87. The van der Waals surface area contributed by atoms with Crippen molar-refractivity contribution in [2.24, 2.45) is 4.99 Å². The number of fused-ring (bicyclic) bond motifs is 1. The molecule has 1 heterocycles. The highest BCUT2D eigenvalue weighted by Crippen LogP contribution is 2.29. The summed E-state index contributed by atoms with van der Waals surface area (Å²) in [6.45, 7) is 6.89. The minimum atomic E-state index is 0.693. The second-order valence-electron chi connectivity index (χ2n) is 7.10. The summed E-state index contributed by atoms with van der Waals surface area (Å²) in [6, 6.07) is 14.5. The lowest BCUT2D eigenvalue weighted by Gasteiger charge is -2.28. The van der Waals surface area contributed by atoms with Crippen LogP contribution < -0.4 is 20.1 Å². The summed E-state index contributed by atoms with van der Waals surface area (Å²) < 4.78 is 10.7. The minimum Gasteiger partial charge on any atom is -0.493 e. The minimum absolute atomic E-state index is 0.693. The quantitative estimate of drug-likeness (QED) is 0.406. The summed E-state index contributed by atoms with van der Waals surface area (Å²) >= 11 is 0. The Hall–Kier alpha value is -2.73. The van der Waals surface area contributed by atoms with Gasteiger partial charge in [0.1, 0.15) is 0 Å². The van der Waals surface area contributed by atoms with Crippen molar-refractivity contribution in [2.75, 3.05) is 45.7 Å². The van der Waals surface area contributed by atoms with Gasteiger partial charge in [0.15, 0.2) is 17.5 Å². The number of aliphatic imine (C=N–C) groups is 1. The van der Waals surface area contributed by atoms with Gasteiger partial charge in [-0.05, 0) is 43.0 Å². The lowest BCUT2D eigenvalue weighted by Crippen LogP contribution is -2.32. The molecular formula is C23H32N4O2. The van der Waals surface area contributed by atoms with Gasteiger partial charge in [0.25, 0.3) is 0 Å². The highest BCUT2D eigenvalue weighted by atomic mass is 16.5. The van der Waals surface area contributed by atoms with E-state index in [-0.39, 0.29) is 0 Å². The number of nitrogens with one attached hydrogen (secondary N) is 2. The highest BCUT2D eigenvalue weighted by molar-refractivity contribution is 5.93. The summed E-state index contributed by atoms with van der Waals surface area (Å²) in [5, 5.41) is 6.65. The number of benzene rings is 2. The van der Waals surface area contributed by atoms with E-state index in [0.717, 1.165) is 57.2 Å². The fourth-order valence-corrected chi connectivity index (χ4v) is 3.59. The summed E-state index contributed by atoms with van der Waals surface area (Å²) in [6.07, 6.45) is 2.17. The molecule has 0 radical (unpaired) electrons. The molecule has 0 atom stereocenters. The molecule has 6 nitrogen and oxygen atoms in total. The topological polar surface area (TPSA) is 58.1 Å². The molecule has 0 saturated carbocycles. The maximum absolute atomic E-state index is 5.38. The van der Waals surface area contributed by atoms with E-state index in [4.69, 9.17) is 14.5 Å². The van der Waals surface area contributed by atoms with Crippen LogP contribution in [0.3, 0.4) is 0 Å². The first kappa shape index (κ1) is 21.0. The molecule has 3 rings (SSSR count). The van der Waals surface area contributed by atoms with Gasteiger partial charge in [-0.1, -0.05) is 24.3 Å². The molecule has 29 heavy (non-hydrogen) atoms. The van der Waals surface area contributed by atoms with Gasteiger partial charge in [-0.3, -0.25) is 9.89 Å². The maximum Gasteiger partial charge on any atom is 0.195 e. The molecule has 6 heteroatoms. The van der Waals surface area contributed by atoms with E-state index in [2.05, 4.69) is 46.7 Å². The maximum atomic E-state index is 5.38. The monoisotopic (exact) mass is 396 g/mol. The van der Waals surface area contributed by atoms with E-state index in [0.29, 0.717) is 11.5 Å². The molecule has 0 bridgehead atoms. The summed E-state index contributed by atoms with van der Waals surface area (Å²) in [5.74, 6) is 2.19. The standard InChI is InChI=1S/C23H32N4O2/c1-4-24-23(26-20-10-11-21(28-2)22(16-20)29-3)25-13-7-14-27-15-12-18-8-5-6-9-19(18)17-27/h5-6,8-11,16H,4,7,12-15,17H2,1-3H3,(H2,24,25,26). The van der Waals surface area contributed by atoms with Crippen LogP contribution in [0.1, 0.15) is 24.5 Å². The average molecular weight is 397 g/mol. The van der Waals surface area contributed by atoms with Crippen LogP contribution in [0.5, 0.6) is 11.5 Å². The van der Waals surface area contributed by atoms with Crippen LogP contribution in [0.15, 0.2) is 47.5 Å². The van der Waals surface area contributed by atoms with Gasteiger partial charge in [0.05, 0.1) is 14.2 Å². The number of ether oxygens (including phenoxy) is 2. The Bertz CT molecular complexity index is 822. The molecule has 0 fully saturated rings. The number of guanidine groups is 1. The molecular weight excluding hydrogens is 364 g/mol. The van der Waals surface area contributed by atoms with E-state index in [1.165, 1.54) is 11.1 Å². The van der Waals surface area contributed by atoms with Crippen molar-refractivity contribution in [1.29, 1.82) is 0 Å². The third-order valence-electron chi connectivity index (χ3n) is 5.10. The van der Waals surface area contributed by atoms with Crippen LogP contribution in [-0.4, -0.2) is 51.3 Å². The van der Waals surface area contributed by atoms with Gasteiger partial charge in [-0.25, -0.2) is 0 Å². The number of hydrogen-bond donors (Lipinski definition) is 2. The van der Waals surface area contributed by atoms with Crippen molar-refractivity contribution in [2.45, 2.75) is 26.3 Å². The van der Waals surface area contributed by atoms with Gasteiger partial charge in [0.2, 0.25) is 0 Å². The van der Waals surface area contributed by atoms with E-state index < -0.39 is 0 Å². The molecule has 0 saturated heterocycles. The van der Waals surface area contributed by atoms with Gasteiger partial charge in [-0.15, -0.1) is 0 Å². The lowest BCUT2D eigenvalue weighted by atomic mass is 10.00. The van der Waals surface area contributed by atoms with E-state index in [1.54, 1.807) is 14.2 Å². The smallest absolute Gasteiger partial charge is 0.195 e. The first-order valence-corrected chi connectivity index (χ1v) is 10.3. The number of hydrogen-bond acceptors (Lipinski definition) is 4. The van der Waals surface area contributed by atoms with Crippen LogP contribution >= 0.6 is 0 Å². The van der Waals surface area contributed by atoms with Crippen LogP contribution in [0.4, 0.5) is 5.69 Å². The molecule has 0 unspecified atom stereocenters. The van der Waals surface area contributed by atoms with Crippen molar-refractivity contribution < 1.29 is 9.47 Å². The van der Waals surface area contributed by atoms with Crippen molar-refractivity contribution in [1.82, 2.24) is 10.2 Å². The van der Waals surface area contributed by atoms with E-state index >= 15 is 0 Å². The lowest BCUT2D eigenvalue weighted by molar-refractivity contribution is 0.252. The molecule has 1 aliphatic rings. The van der Waals surface area contributed by atoms with Crippen LogP contribution in [-0.2, 0) is 13.0 Å². The predicted octanol–water partition coefficient (Wildman–Crippen LogP) is 3.53. The molecule has 1 aliphatic heterocycles. The normalized spacial score (nSPS) is 14.2. The van der Waals surface area contributed by atoms with E-state index in [1.807, 2.05) is 18.2 Å². The van der Waals surface area contributed by atoms with Crippen molar-refractivity contribution >= 4 is 11.6 Å². The molecule has 156 valence electrons. The molecule has 0 aliphatic carbocycles. The Labute approximate surface area is 173 Å². The first-order chi connectivity index (χ1) is 14.2. The Morgan fingerprint density at radius 3 is 2.62 bits per heavy atom. The zero-order valence-corrected chi connectivity index (χ0v) is 17.7. The highest BCUT2D eigenvalue weighted by Gasteiger charge is 2.14. The predicted molar refractivity (Wildman–Crippen MR) is 119 cm³/mol. The number of methoxy groups -OCH3 is 2. The second-order valence-corrected chi connectivity index (χ2v) is 7.10. The number of nitrogens with zero attached hydrogens (tertiary/aromatic N) is 2. The number of rotatable bonds is 8. The SMILES string of the molecule is CCNC(=NCCCN1CCc2ccccc2C1)Nc1ccc(OC)c(OC)c1. The Kier molecular flexibility index (Phi) is 7.76. The zero-order chi connectivity index (χ0) is 20.5. The molecule has 0 spiro atoms. The fourth-order valence-electron chi connectivity index (χ4n) is 3.59. The van der Waals surface area contributed by atoms with Crippen molar-refractivity contribution in [3.8, 4) is 11.5 Å². The first-order valence-electron chi connectivity index (χ1n) is 10.3. The van der Waals surface area contributed by atoms with Gasteiger partial charge in [-0.2, -0.15) is 0 Å². The molecule has 0 amide bonds. The van der Waals surface area contributed by atoms with Gasteiger partial charge >= 0.3 is 0 Å². The Morgan fingerprint density at radius 1 is 1.07 bits per heavy atom. The largest absolute Gasteiger partial charge is 0.493 e. The second kappa shape index (κ2) is 10.7. The van der Waals surface area contributed by atoms with Crippen LogP contribution in [0.2, 0.25) is 0 Å². The molecule has 2 N–H and O–H groups in total. The number of anilines is 1. The summed E-state index contributed by atoms with van der Waals surface area (Å²) in [5.41, 5.74) is 3.87. The van der Waals surface area contributed by atoms with Crippen LogP contribution in [0, 0.1) is 0 Å². The zero-order valence-electron chi connectivity index (χ0n) is 17.7.